The van der Waals surface area contributed by atoms with E-state index in [4.69, 9.17) is 4.74 Å². The molecule has 21 heavy (non-hydrogen) atoms. The number of para-hydroxylation sites is 1. The molecule has 3 heteroatoms. The first-order valence-electron chi connectivity index (χ1n) is 7.14. The minimum absolute atomic E-state index is 0.440. The molecule has 0 spiro atoms. The fraction of sp³-hybridized carbons (Fsp3) is 0.278. The molecule has 1 unspecified atom stereocenters. The van der Waals surface area contributed by atoms with Crippen molar-refractivity contribution in [3.8, 4) is 5.75 Å². The second-order valence-electron chi connectivity index (χ2n) is 5.59. The number of rotatable bonds is 3. The van der Waals surface area contributed by atoms with Crippen molar-refractivity contribution >= 4 is 5.97 Å². The average molecular weight is 282 g/mol. The van der Waals surface area contributed by atoms with Crippen LogP contribution in [-0.2, 0) is 16.6 Å². The van der Waals surface area contributed by atoms with Crippen LogP contribution in [0.25, 0.3) is 0 Å². The van der Waals surface area contributed by atoms with E-state index in [1.807, 2.05) is 55.5 Å². The Morgan fingerprint density at radius 1 is 1.19 bits per heavy atom. The molecule has 1 atom stereocenters. The van der Waals surface area contributed by atoms with Crippen LogP contribution < -0.4 is 4.74 Å². The highest BCUT2D eigenvalue weighted by molar-refractivity contribution is 5.83. The summed E-state index contributed by atoms with van der Waals surface area (Å²) in [5.74, 6) is -0.0822. The third-order valence-electron chi connectivity index (χ3n) is 4.35. The van der Waals surface area contributed by atoms with Gasteiger partial charge in [0.15, 0.2) is 0 Å². The number of aryl methyl sites for hydroxylation is 1. The topological polar surface area (TPSA) is 46.5 Å². The molecule has 0 fully saturated rings. The zero-order valence-electron chi connectivity index (χ0n) is 12.0. The Morgan fingerprint density at radius 2 is 1.90 bits per heavy atom. The quantitative estimate of drug-likeness (QED) is 0.939. The number of benzene rings is 2. The Hall–Kier alpha value is -2.29. The van der Waals surface area contributed by atoms with Gasteiger partial charge in [0.2, 0.25) is 0 Å². The lowest BCUT2D eigenvalue weighted by atomic mass is 9.71. The maximum Gasteiger partial charge on any atom is 0.314 e. The molecule has 0 radical (unpaired) electrons. The second-order valence-corrected chi connectivity index (χ2v) is 5.59. The molecule has 108 valence electrons. The van der Waals surface area contributed by atoms with E-state index in [1.54, 1.807) is 0 Å². The highest BCUT2D eigenvalue weighted by Gasteiger charge is 2.44. The Labute approximate surface area is 124 Å². The minimum Gasteiger partial charge on any atom is -0.493 e. The smallest absolute Gasteiger partial charge is 0.314 e. The molecule has 3 nitrogen and oxygen atoms in total. The number of hydrogen-bond donors (Lipinski definition) is 1. The van der Waals surface area contributed by atoms with E-state index in [-0.39, 0.29) is 0 Å². The first-order chi connectivity index (χ1) is 10.1. The van der Waals surface area contributed by atoms with E-state index >= 15 is 0 Å². The number of carbonyl (C=O) groups is 1. The van der Waals surface area contributed by atoms with Crippen molar-refractivity contribution in [2.45, 2.75) is 25.2 Å². The summed E-state index contributed by atoms with van der Waals surface area (Å²) in [7, 11) is 0. The van der Waals surface area contributed by atoms with Gasteiger partial charge >= 0.3 is 5.97 Å². The molecular weight excluding hydrogens is 264 g/mol. The molecule has 1 heterocycles. The van der Waals surface area contributed by atoms with Crippen LogP contribution in [0.2, 0.25) is 0 Å². The van der Waals surface area contributed by atoms with Gasteiger partial charge in [0.25, 0.3) is 0 Å². The van der Waals surface area contributed by atoms with Crippen molar-refractivity contribution in [2.75, 3.05) is 6.61 Å². The van der Waals surface area contributed by atoms with Gasteiger partial charge < -0.3 is 9.84 Å². The standard InChI is InChI=1S/C18H18O3/c1-13-6-2-3-7-14(13)12-18(17(19)20)10-11-21-16-9-5-4-8-15(16)18/h2-9H,10-12H2,1H3,(H,19,20). The molecule has 1 aliphatic heterocycles. The highest BCUT2D eigenvalue weighted by Crippen LogP contribution is 2.41. The average Bonchev–Trinajstić information content (AvgIpc) is 2.49. The first kappa shape index (κ1) is 13.7. The second kappa shape index (κ2) is 5.24. The van der Waals surface area contributed by atoms with Gasteiger partial charge in [-0.1, -0.05) is 42.5 Å². The van der Waals surface area contributed by atoms with E-state index < -0.39 is 11.4 Å². The summed E-state index contributed by atoms with van der Waals surface area (Å²) in [6.07, 6.45) is 0.989. The zero-order chi connectivity index (χ0) is 14.9. The lowest BCUT2D eigenvalue weighted by molar-refractivity contribution is -0.145. The molecule has 2 aromatic rings. The lowest BCUT2D eigenvalue weighted by Gasteiger charge is -2.35. The van der Waals surface area contributed by atoms with E-state index in [0.717, 1.165) is 16.7 Å². The molecule has 0 amide bonds. The van der Waals surface area contributed by atoms with Gasteiger partial charge in [-0.2, -0.15) is 0 Å². The van der Waals surface area contributed by atoms with Gasteiger partial charge in [0.1, 0.15) is 11.2 Å². The van der Waals surface area contributed by atoms with Gasteiger partial charge in [-0.15, -0.1) is 0 Å². The van der Waals surface area contributed by atoms with Crippen molar-refractivity contribution in [3.05, 3.63) is 65.2 Å². The predicted octanol–water partition coefficient (Wildman–Crippen LogP) is 3.34. The van der Waals surface area contributed by atoms with Crippen LogP contribution in [0.1, 0.15) is 23.1 Å². The highest BCUT2D eigenvalue weighted by atomic mass is 16.5. The van der Waals surface area contributed by atoms with Crippen LogP contribution in [-0.4, -0.2) is 17.7 Å². The molecule has 0 bridgehead atoms. The summed E-state index contributed by atoms with van der Waals surface area (Å²) in [5, 5.41) is 9.93. The summed E-state index contributed by atoms with van der Waals surface area (Å²) >= 11 is 0. The monoisotopic (exact) mass is 282 g/mol. The minimum atomic E-state index is -0.902. The maximum absolute atomic E-state index is 12.1. The first-order valence-corrected chi connectivity index (χ1v) is 7.14. The van der Waals surface area contributed by atoms with Crippen LogP contribution >= 0.6 is 0 Å². The molecule has 2 aromatic carbocycles. The van der Waals surface area contributed by atoms with E-state index in [9.17, 15) is 9.90 Å². The molecule has 1 N–H and O–H groups in total. The fourth-order valence-electron chi connectivity index (χ4n) is 3.07. The van der Waals surface area contributed by atoms with E-state index in [2.05, 4.69) is 0 Å². The molecule has 1 aliphatic rings. The normalized spacial score (nSPS) is 20.4. The summed E-state index contributed by atoms with van der Waals surface area (Å²) in [6.45, 7) is 2.46. The summed E-state index contributed by atoms with van der Waals surface area (Å²) in [5.41, 5.74) is 2.09. The summed E-state index contributed by atoms with van der Waals surface area (Å²) in [4.78, 5) is 12.1. The van der Waals surface area contributed by atoms with Crippen molar-refractivity contribution in [3.63, 3.8) is 0 Å². The molecule has 0 saturated carbocycles. The zero-order valence-corrected chi connectivity index (χ0v) is 12.0. The Bertz CT molecular complexity index is 678. The van der Waals surface area contributed by atoms with Crippen LogP contribution in [0.4, 0.5) is 0 Å². The SMILES string of the molecule is Cc1ccccc1CC1(C(=O)O)CCOc2ccccc21. The van der Waals surface area contributed by atoms with Crippen molar-refractivity contribution in [1.29, 1.82) is 0 Å². The van der Waals surface area contributed by atoms with E-state index in [0.29, 0.717) is 25.2 Å². The van der Waals surface area contributed by atoms with Crippen LogP contribution in [0.3, 0.4) is 0 Å². The van der Waals surface area contributed by atoms with E-state index in [1.165, 1.54) is 0 Å². The van der Waals surface area contributed by atoms with Gasteiger partial charge in [-0.25, -0.2) is 0 Å². The Kier molecular flexibility index (Phi) is 3.42. The molecule has 0 aliphatic carbocycles. The number of carboxylic acid groups (broad SMARTS) is 1. The van der Waals surface area contributed by atoms with Crippen LogP contribution in [0.15, 0.2) is 48.5 Å². The summed E-state index contributed by atoms with van der Waals surface area (Å²) in [6, 6.07) is 15.5. The fourth-order valence-corrected chi connectivity index (χ4v) is 3.07. The van der Waals surface area contributed by atoms with Crippen molar-refractivity contribution < 1.29 is 14.6 Å². The summed E-state index contributed by atoms with van der Waals surface area (Å²) < 4.78 is 5.63. The Morgan fingerprint density at radius 3 is 2.67 bits per heavy atom. The lowest BCUT2D eigenvalue weighted by Crippen LogP contribution is -2.42. The molecule has 0 aromatic heterocycles. The Balaban J connectivity index is 2.11. The van der Waals surface area contributed by atoms with Crippen LogP contribution in [0, 0.1) is 6.92 Å². The number of carboxylic acids is 1. The van der Waals surface area contributed by atoms with Gasteiger partial charge in [0.05, 0.1) is 6.61 Å². The van der Waals surface area contributed by atoms with Crippen molar-refractivity contribution in [2.24, 2.45) is 0 Å². The largest absolute Gasteiger partial charge is 0.493 e. The molecule has 3 rings (SSSR count). The maximum atomic E-state index is 12.1. The number of ether oxygens (including phenoxy) is 1. The number of hydrogen-bond acceptors (Lipinski definition) is 2. The van der Waals surface area contributed by atoms with Gasteiger partial charge in [-0.05, 0) is 30.5 Å². The molecule has 0 saturated heterocycles. The number of aliphatic carboxylic acids is 1. The number of fused-ring (bicyclic) bond motifs is 1. The van der Waals surface area contributed by atoms with Crippen LogP contribution in [0.5, 0.6) is 5.75 Å². The van der Waals surface area contributed by atoms with Gasteiger partial charge in [-0.3, -0.25) is 4.79 Å². The molecular formula is C18H18O3. The third kappa shape index (κ3) is 2.29. The third-order valence-corrected chi connectivity index (χ3v) is 4.35. The van der Waals surface area contributed by atoms with Gasteiger partial charge in [0, 0.05) is 12.0 Å². The predicted molar refractivity (Wildman–Crippen MR) is 80.8 cm³/mol. The van der Waals surface area contributed by atoms with Crippen molar-refractivity contribution in [1.82, 2.24) is 0 Å².